The lowest BCUT2D eigenvalue weighted by molar-refractivity contribution is -0.120. The van der Waals surface area contributed by atoms with Gasteiger partial charge in [0.05, 0.1) is 18.0 Å². The molecule has 1 amide bonds. The molecule has 0 spiro atoms. The molecule has 0 aliphatic rings. The Labute approximate surface area is 171 Å². The summed E-state index contributed by atoms with van der Waals surface area (Å²) in [5.41, 5.74) is 2.22. The van der Waals surface area contributed by atoms with Crippen molar-refractivity contribution in [2.75, 3.05) is 23.7 Å². The van der Waals surface area contributed by atoms with Gasteiger partial charge in [-0.1, -0.05) is 29.3 Å². The number of halogens is 1. The van der Waals surface area contributed by atoms with Gasteiger partial charge >= 0.3 is 0 Å². The molecule has 0 aliphatic carbocycles. The first-order valence-corrected chi connectivity index (χ1v) is 11.0. The molecular weight excluding hydrogens is 400 g/mol. The number of rotatable bonds is 8. The number of amides is 1. The van der Waals surface area contributed by atoms with E-state index in [0.29, 0.717) is 22.0 Å². The molecular formula is C20H25ClN2O4S. The van der Waals surface area contributed by atoms with E-state index in [9.17, 15) is 13.2 Å². The number of nitrogens with zero attached hydrogens (tertiary/aromatic N) is 1. The maximum atomic E-state index is 12.4. The number of carbonyl (C=O) groups excluding carboxylic acids is 1. The summed E-state index contributed by atoms with van der Waals surface area (Å²) in [6.45, 7) is 5.48. The van der Waals surface area contributed by atoms with E-state index in [1.165, 1.54) is 0 Å². The Bertz CT molecular complexity index is 930. The molecule has 0 bridgehead atoms. The second kappa shape index (κ2) is 9.30. The zero-order chi connectivity index (χ0) is 20.9. The Morgan fingerprint density at radius 2 is 1.82 bits per heavy atom. The van der Waals surface area contributed by atoms with Crippen molar-refractivity contribution in [3.63, 3.8) is 0 Å². The number of aryl methyl sites for hydroxylation is 2. The summed E-state index contributed by atoms with van der Waals surface area (Å²) in [6, 6.07) is 12.2. The van der Waals surface area contributed by atoms with E-state index in [-0.39, 0.29) is 19.2 Å². The van der Waals surface area contributed by atoms with Crippen LogP contribution in [0.15, 0.2) is 42.5 Å². The number of nitrogens with one attached hydrogen (secondary N) is 1. The lowest BCUT2D eigenvalue weighted by atomic mass is 10.2. The van der Waals surface area contributed by atoms with Gasteiger partial charge in [0.25, 0.3) is 0 Å². The van der Waals surface area contributed by atoms with Gasteiger partial charge in [-0.15, -0.1) is 0 Å². The van der Waals surface area contributed by atoms with Crippen LogP contribution in [-0.2, 0) is 14.8 Å². The van der Waals surface area contributed by atoms with Crippen LogP contribution in [0, 0.1) is 13.8 Å². The highest BCUT2D eigenvalue weighted by Gasteiger charge is 2.23. The SMILES string of the molecule is Cc1ccc(OC[C@@H](C)NC(=O)CN(c2ccc(Cl)cc2C)S(C)(=O)=O)cc1. The molecule has 0 heterocycles. The molecule has 2 aromatic rings. The van der Waals surface area contributed by atoms with E-state index in [2.05, 4.69) is 5.32 Å². The second-order valence-corrected chi connectivity index (χ2v) is 9.14. The van der Waals surface area contributed by atoms with E-state index in [1.54, 1.807) is 32.0 Å². The van der Waals surface area contributed by atoms with E-state index in [1.807, 2.05) is 31.2 Å². The molecule has 2 rings (SSSR count). The van der Waals surface area contributed by atoms with Crippen molar-refractivity contribution in [1.82, 2.24) is 5.32 Å². The second-order valence-electron chi connectivity index (χ2n) is 6.79. The predicted molar refractivity (Wildman–Crippen MR) is 113 cm³/mol. The highest BCUT2D eigenvalue weighted by atomic mass is 35.5. The van der Waals surface area contributed by atoms with Crippen LogP contribution in [0.2, 0.25) is 5.02 Å². The number of ether oxygens (including phenoxy) is 1. The molecule has 1 atom stereocenters. The van der Waals surface area contributed by atoms with Crippen molar-refractivity contribution in [1.29, 1.82) is 0 Å². The van der Waals surface area contributed by atoms with E-state index in [4.69, 9.17) is 16.3 Å². The van der Waals surface area contributed by atoms with Crippen molar-refractivity contribution in [2.24, 2.45) is 0 Å². The molecule has 0 saturated heterocycles. The first-order chi connectivity index (χ1) is 13.1. The minimum atomic E-state index is -3.65. The van der Waals surface area contributed by atoms with Crippen molar-refractivity contribution in [2.45, 2.75) is 26.8 Å². The average molecular weight is 425 g/mol. The Morgan fingerprint density at radius 3 is 2.39 bits per heavy atom. The lowest BCUT2D eigenvalue weighted by Gasteiger charge is -2.24. The van der Waals surface area contributed by atoms with Crippen LogP contribution < -0.4 is 14.4 Å². The number of hydrogen-bond acceptors (Lipinski definition) is 4. The van der Waals surface area contributed by atoms with Gasteiger partial charge in [-0.25, -0.2) is 8.42 Å². The molecule has 0 aliphatic heterocycles. The Morgan fingerprint density at radius 1 is 1.18 bits per heavy atom. The van der Waals surface area contributed by atoms with Crippen molar-refractivity contribution in [3.05, 3.63) is 58.6 Å². The molecule has 8 heteroatoms. The molecule has 0 saturated carbocycles. The third-order valence-corrected chi connectivity index (χ3v) is 5.41. The maximum Gasteiger partial charge on any atom is 0.241 e. The smallest absolute Gasteiger partial charge is 0.241 e. The predicted octanol–water partition coefficient (Wildman–Crippen LogP) is 3.31. The highest BCUT2D eigenvalue weighted by Crippen LogP contribution is 2.25. The maximum absolute atomic E-state index is 12.4. The van der Waals surface area contributed by atoms with Gasteiger partial charge in [0.1, 0.15) is 18.9 Å². The van der Waals surface area contributed by atoms with Crippen molar-refractivity contribution < 1.29 is 17.9 Å². The van der Waals surface area contributed by atoms with Gasteiger partial charge in [0.15, 0.2) is 0 Å². The minimum Gasteiger partial charge on any atom is -0.491 e. The Kier molecular flexibility index (Phi) is 7.32. The van der Waals surface area contributed by atoms with Crippen LogP contribution in [0.4, 0.5) is 5.69 Å². The van der Waals surface area contributed by atoms with E-state index >= 15 is 0 Å². The summed E-state index contributed by atoms with van der Waals surface area (Å²) >= 11 is 5.94. The summed E-state index contributed by atoms with van der Waals surface area (Å²) in [5, 5.41) is 3.27. The molecule has 152 valence electrons. The number of benzene rings is 2. The van der Waals surface area contributed by atoms with Gasteiger partial charge in [0.2, 0.25) is 15.9 Å². The molecule has 0 fully saturated rings. The van der Waals surface area contributed by atoms with Crippen LogP contribution in [0.3, 0.4) is 0 Å². The Balaban J connectivity index is 2.00. The fourth-order valence-electron chi connectivity index (χ4n) is 2.63. The zero-order valence-electron chi connectivity index (χ0n) is 16.4. The van der Waals surface area contributed by atoms with E-state index in [0.717, 1.165) is 16.1 Å². The van der Waals surface area contributed by atoms with Gasteiger partial charge < -0.3 is 10.1 Å². The Hall–Kier alpha value is -2.25. The molecule has 28 heavy (non-hydrogen) atoms. The van der Waals surface area contributed by atoms with Crippen LogP contribution >= 0.6 is 11.6 Å². The zero-order valence-corrected chi connectivity index (χ0v) is 18.0. The first-order valence-electron chi connectivity index (χ1n) is 8.79. The monoisotopic (exact) mass is 424 g/mol. The first kappa shape index (κ1) is 22.0. The number of anilines is 1. The highest BCUT2D eigenvalue weighted by molar-refractivity contribution is 7.92. The number of carbonyl (C=O) groups is 1. The number of hydrogen-bond donors (Lipinski definition) is 1. The number of sulfonamides is 1. The quantitative estimate of drug-likeness (QED) is 0.705. The summed E-state index contributed by atoms with van der Waals surface area (Å²) in [7, 11) is -3.65. The van der Waals surface area contributed by atoms with Gasteiger partial charge in [-0.3, -0.25) is 9.10 Å². The van der Waals surface area contributed by atoms with Gasteiger partial charge in [-0.05, 0) is 56.7 Å². The van der Waals surface area contributed by atoms with Gasteiger partial charge in [-0.2, -0.15) is 0 Å². The molecule has 1 N–H and O–H groups in total. The summed E-state index contributed by atoms with van der Waals surface area (Å²) < 4.78 is 31.2. The van der Waals surface area contributed by atoms with Crippen LogP contribution in [0.5, 0.6) is 5.75 Å². The molecule has 2 aromatic carbocycles. The van der Waals surface area contributed by atoms with Crippen molar-refractivity contribution >= 4 is 33.2 Å². The summed E-state index contributed by atoms with van der Waals surface area (Å²) in [5.74, 6) is 0.293. The topological polar surface area (TPSA) is 75.7 Å². The average Bonchev–Trinajstić information content (AvgIpc) is 2.59. The minimum absolute atomic E-state index is 0.271. The van der Waals surface area contributed by atoms with Crippen LogP contribution in [0.25, 0.3) is 0 Å². The largest absolute Gasteiger partial charge is 0.491 e. The fraction of sp³-hybridized carbons (Fsp3) is 0.350. The normalized spacial score (nSPS) is 12.3. The third kappa shape index (κ3) is 6.42. The van der Waals surface area contributed by atoms with Crippen LogP contribution in [0.1, 0.15) is 18.1 Å². The summed E-state index contributed by atoms with van der Waals surface area (Å²) in [4.78, 5) is 12.4. The molecule has 0 aromatic heterocycles. The van der Waals surface area contributed by atoms with E-state index < -0.39 is 15.9 Å². The molecule has 6 nitrogen and oxygen atoms in total. The third-order valence-electron chi connectivity index (χ3n) is 4.04. The molecule has 0 radical (unpaired) electrons. The fourth-order valence-corrected chi connectivity index (χ4v) is 3.77. The van der Waals surface area contributed by atoms with Crippen molar-refractivity contribution in [3.8, 4) is 5.75 Å². The standard InChI is InChI=1S/C20H25ClN2O4S/c1-14-5-8-18(9-6-14)27-13-16(3)22-20(24)12-23(28(4,25)26)19-10-7-17(21)11-15(19)2/h5-11,16H,12-13H2,1-4H3,(H,22,24)/t16-/m1/s1. The lowest BCUT2D eigenvalue weighted by Crippen LogP contribution is -2.45. The summed E-state index contributed by atoms with van der Waals surface area (Å²) in [6.07, 6.45) is 1.07. The van der Waals surface area contributed by atoms with Crippen LogP contribution in [-0.4, -0.2) is 39.8 Å². The molecule has 0 unspecified atom stereocenters. The van der Waals surface area contributed by atoms with Gasteiger partial charge in [0, 0.05) is 5.02 Å².